The van der Waals surface area contributed by atoms with Gasteiger partial charge in [-0.25, -0.2) is 0 Å². The highest BCUT2D eigenvalue weighted by atomic mass is 32.2. The van der Waals surface area contributed by atoms with E-state index in [9.17, 15) is 9.90 Å². The number of amides is 1. The van der Waals surface area contributed by atoms with Crippen molar-refractivity contribution in [1.82, 2.24) is 5.32 Å². The molecular weight excluding hydrogens is 198 g/mol. The number of aliphatic hydroxyl groups is 1. The summed E-state index contributed by atoms with van der Waals surface area (Å²) in [5, 5.41) is 12.4. The molecule has 82 valence electrons. The minimum atomic E-state index is -0.300. The molecule has 0 aromatic rings. The highest BCUT2D eigenvalue weighted by Gasteiger charge is 2.22. The van der Waals surface area contributed by atoms with E-state index in [0.717, 1.165) is 18.6 Å². The Hall–Kier alpha value is -0.220. The number of carbonyl (C=O) groups excluding carboxylic acids is 1. The van der Waals surface area contributed by atoms with Gasteiger partial charge in [0.2, 0.25) is 5.91 Å². The summed E-state index contributed by atoms with van der Waals surface area (Å²) in [5.41, 5.74) is 0. The summed E-state index contributed by atoms with van der Waals surface area (Å²) in [6.45, 7) is 3.76. The monoisotopic (exact) mass is 217 g/mol. The number of rotatable bonds is 6. The highest BCUT2D eigenvalue weighted by Crippen LogP contribution is 2.19. The fourth-order valence-corrected chi connectivity index (χ4v) is 1.96. The molecule has 2 atom stereocenters. The van der Waals surface area contributed by atoms with Crippen molar-refractivity contribution >= 4 is 17.7 Å². The predicted molar refractivity (Wildman–Crippen MR) is 59.4 cm³/mol. The topological polar surface area (TPSA) is 49.3 Å². The van der Waals surface area contributed by atoms with E-state index >= 15 is 0 Å². The zero-order valence-corrected chi connectivity index (χ0v) is 9.64. The van der Waals surface area contributed by atoms with Crippen molar-refractivity contribution in [3.63, 3.8) is 0 Å². The van der Waals surface area contributed by atoms with Gasteiger partial charge in [-0.05, 0) is 19.8 Å². The second-order valence-electron chi connectivity index (χ2n) is 3.91. The maximum atomic E-state index is 11.3. The van der Waals surface area contributed by atoms with Crippen molar-refractivity contribution in [1.29, 1.82) is 0 Å². The average molecular weight is 217 g/mol. The molecule has 0 heterocycles. The molecule has 1 amide bonds. The van der Waals surface area contributed by atoms with Gasteiger partial charge in [-0.1, -0.05) is 6.92 Å². The quantitative estimate of drug-likeness (QED) is 0.702. The third-order valence-electron chi connectivity index (χ3n) is 2.33. The summed E-state index contributed by atoms with van der Waals surface area (Å²) in [6, 6.07) is 0.460. The minimum absolute atomic E-state index is 0.151. The summed E-state index contributed by atoms with van der Waals surface area (Å²) < 4.78 is 0. The molecule has 1 aliphatic rings. The van der Waals surface area contributed by atoms with Gasteiger partial charge in [-0.15, -0.1) is 0 Å². The van der Waals surface area contributed by atoms with E-state index in [2.05, 4.69) is 5.32 Å². The minimum Gasteiger partial charge on any atom is -0.392 e. The molecule has 3 nitrogen and oxygen atoms in total. The third-order valence-corrected chi connectivity index (χ3v) is 3.69. The smallest absolute Gasteiger partial charge is 0.221 e. The Labute approximate surface area is 89.6 Å². The fraction of sp³-hybridized carbons (Fsp3) is 0.900. The van der Waals surface area contributed by atoms with Crippen LogP contribution in [0.25, 0.3) is 0 Å². The van der Waals surface area contributed by atoms with E-state index in [1.54, 1.807) is 18.7 Å². The molecule has 0 radical (unpaired) electrons. The van der Waals surface area contributed by atoms with Crippen LogP contribution >= 0.6 is 11.8 Å². The van der Waals surface area contributed by atoms with E-state index in [1.807, 2.05) is 6.92 Å². The third kappa shape index (κ3) is 4.86. The molecule has 1 saturated carbocycles. The molecule has 0 aromatic carbocycles. The first-order chi connectivity index (χ1) is 6.59. The lowest BCUT2D eigenvalue weighted by molar-refractivity contribution is -0.120. The lowest BCUT2D eigenvalue weighted by Crippen LogP contribution is -2.26. The van der Waals surface area contributed by atoms with Crippen molar-refractivity contribution in [2.24, 2.45) is 0 Å². The molecule has 2 N–H and O–H groups in total. The van der Waals surface area contributed by atoms with Crippen LogP contribution in [0, 0.1) is 0 Å². The molecule has 0 spiro atoms. The molecule has 2 unspecified atom stereocenters. The second kappa shape index (κ2) is 5.61. The molecule has 0 aromatic heterocycles. The Balaban J connectivity index is 1.99. The van der Waals surface area contributed by atoms with Crippen LogP contribution in [0.2, 0.25) is 0 Å². The van der Waals surface area contributed by atoms with Crippen molar-refractivity contribution in [2.45, 2.75) is 50.5 Å². The molecular formula is C10H19NO2S. The summed E-state index contributed by atoms with van der Waals surface area (Å²) in [5.74, 6) is 0.947. The molecule has 4 heteroatoms. The molecule has 0 saturated heterocycles. The van der Waals surface area contributed by atoms with Crippen LogP contribution in [0.1, 0.15) is 33.1 Å². The molecule has 1 aliphatic carbocycles. The largest absolute Gasteiger partial charge is 0.392 e. The van der Waals surface area contributed by atoms with Crippen LogP contribution in [0.4, 0.5) is 0 Å². The van der Waals surface area contributed by atoms with Gasteiger partial charge in [-0.3, -0.25) is 4.79 Å². The van der Waals surface area contributed by atoms with Gasteiger partial charge < -0.3 is 10.4 Å². The molecule has 1 fully saturated rings. The Bertz CT molecular complexity index is 193. The summed E-state index contributed by atoms with van der Waals surface area (Å²) in [7, 11) is 0. The fourth-order valence-electron chi connectivity index (χ4n) is 1.00. The van der Waals surface area contributed by atoms with Crippen LogP contribution in [0.3, 0.4) is 0 Å². The molecule has 14 heavy (non-hydrogen) atoms. The van der Waals surface area contributed by atoms with Crippen LogP contribution < -0.4 is 5.32 Å². The zero-order chi connectivity index (χ0) is 10.6. The van der Waals surface area contributed by atoms with Crippen molar-refractivity contribution in [3.05, 3.63) is 0 Å². The van der Waals surface area contributed by atoms with Crippen LogP contribution in [0.15, 0.2) is 0 Å². The Morgan fingerprint density at radius 3 is 2.71 bits per heavy atom. The average Bonchev–Trinajstić information content (AvgIpc) is 2.87. The SMILES string of the molecule is CC(O)C(C)SCCC(=O)NC1CC1. The molecule has 0 bridgehead atoms. The van der Waals surface area contributed by atoms with Gasteiger partial charge in [0.05, 0.1) is 6.10 Å². The highest BCUT2D eigenvalue weighted by molar-refractivity contribution is 7.99. The maximum absolute atomic E-state index is 11.3. The van der Waals surface area contributed by atoms with Gasteiger partial charge in [0, 0.05) is 23.5 Å². The Morgan fingerprint density at radius 2 is 2.21 bits per heavy atom. The van der Waals surface area contributed by atoms with Crippen LogP contribution in [-0.2, 0) is 4.79 Å². The predicted octanol–water partition coefficient (Wildman–Crippen LogP) is 1.16. The first-order valence-corrected chi connectivity index (χ1v) is 6.23. The second-order valence-corrected chi connectivity index (χ2v) is 5.39. The number of thioether (sulfide) groups is 1. The van der Waals surface area contributed by atoms with Gasteiger partial charge in [0.15, 0.2) is 0 Å². The van der Waals surface area contributed by atoms with Crippen LogP contribution in [-0.4, -0.2) is 34.2 Å². The molecule has 1 rings (SSSR count). The zero-order valence-electron chi connectivity index (χ0n) is 8.82. The van der Waals surface area contributed by atoms with Gasteiger partial charge in [0.25, 0.3) is 0 Å². The normalized spacial score (nSPS) is 20.2. The molecule has 0 aliphatic heterocycles. The lowest BCUT2D eigenvalue weighted by atomic mass is 10.3. The summed E-state index contributed by atoms with van der Waals surface area (Å²) in [6.07, 6.45) is 2.55. The summed E-state index contributed by atoms with van der Waals surface area (Å²) in [4.78, 5) is 11.3. The van der Waals surface area contributed by atoms with Crippen LogP contribution in [0.5, 0.6) is 0 Å². The van der Waals surface area contributed by atoms with E-state index in [0.29, 0.717) is 12.5 Å². The van der Waals surface area contributed by atoms with Gasteiger partial charge in [-0.2, -0.15) is 11.8 Å². The number of carbonyl (C=O) groups is 1. The number of hydrogen-bond donors (Lipinski definition) is 2. The van der Waals surface area contributed by atoms with Gasteiger partial charge in [0.1, 0.15) is 0 Å². The first kappa shape index (κ1) is 11.9. The summed E-state index contributed by atoms with van der Waals surface area (Å²) >= 11 is 1.65. The Morgan fingerprint density at radius 1 is 1.57 bits per heavy atom. The number of aliphatic hydroxyl groups excluding tert-OH is 1. The van der Waals surface area contributed by atoms with Crippen molar-refractivity contribution in [3.8, 4) is 0 Å². The number of nitrogens with one attached hydrogen (secondary N) is 1. The van der Waals surface area contributed by atoms with E-state index < -0.39 is 0 Å². The van der Waals surface area contributed by atoms with E-state index in [-0.39, 0.29) is 17.3 Å². The lowest BCUT2D eigenvalue weighted by Gasteiger charge is -2.13. The Kier molecular flexibility index (Phi) is 4.75. The van der Waals surface area contributed by atoms with E-state index in [1.165, 1.54) is 0 Å². The standard InChI is InChI=1S/C10H19NO2S/c1-7(12)8(2)14-6-5-10(13)11-9-3-4-9/h7-9,12H,3-6H2,1-2H3,(H,11,13). The van der Waals surface area contributed by atoms with Gasteiger partial charge >= 0.3 is 0 Å². The van der Waals surface area contributed by atoms with E-state index in [4.69, 9.17) is 0 Å². The number of hydrogen-bond acceptors (Lipinski definition) is 3. The first-order valence-electron chi connectivity index (χ1n) is 5.18. The maximum Gasteiger partial charge on any atom is 0.221 e. The van der Waals surface area contributed by atoms with Crippen molar-refractivity contribution < 1.29 is 9.90 Å². The van der Waals surface area contributed by atoms with Crippen molar-refractivity contribution in [2.75, 3.05) is 5.75 Å².